The molecule has 0 saturated heterocycles. The fourth-order valence-electron chi connectivity index (χ4n) is 3.76. The lowest BCUT2D eigenvalue weighted by Crippen LogP contribution is -2.40. The molecule has 0 amide bonds. The van der Waals surface area contributed by atoms with Gasteiger partial charge >= 0.3 is 0 Å². The molecule has 0 bridgehead atoms. The first-order chi connectivity index (χ1) is 10.3. The first kappa shape index (κ1) is 16.5. The van der Waals surface area contributed by atoms with Gasteiger partial charge in [0.25, 0.3) is 0 Å². The Bertz CT molecular complexity index is 365. The number of rotatable bonds is 8. The van der Waals surface area contributed by atoms with Gasteiger partial charge in [0.2, 0.25) is 0 Å². The van der Waals surface area contributed by atoms with Gasteiger partial charge in [-0.2, -0.15) is 0 Å². The van der Waals surface area contributed by atoms with Crippen molar-refractivity contribution in [1.82, 2.24) is 5.32 Å². The van der Waals surface area contributed by atoms with Gasteiger partial charge in [-0.25, -0.2) is 0 Å². The second-order valence-corrected chi connectivity index (χ2v) is 6.75. The smallest absolute Gasteiger partial charge is 0.00700 e. The van der Waals surface area contributed by atoms with Gasteiger partial charge in [0, 0.05) is 12.1 Å². The highest BCUT2D eigenvalue weighted by Crippen LogP contribution is 2.33. The average molecular weight is 287 g/mol. The minimum atomic E-state index is 0.758. The standard InChI is InChI=1S/C20H33N/c1-3-5-12-19(9-4-2)21-20-15-13-18(14-16-20)17-10-7-6-8-11-17/h6-8,10-11,18-21H,3-5,9,12-16H2,1-2H3. The van der Waals surface area contributed by atoms with Crippen LogP contribution in [0.15, 0.2) is 30.3 Å². The van der Waals surface area contributed by atoms with Crippen LogP contribution >= 0.6 is 0 Å². The third-order valence-electron chi connectivity index (χ3n) is 5.01. The van der Waals surface area contributed by atoms with Crippen molar-refractivity contribution in [2.45, 2.75) is 89.6 Å². The number of hydrogen-bond acceptors (Lipinski definition) is 1. The van der Waals surface area contributed by atoms with Crippen molar-refractivity contribution < 1.29 is 0 Å². The number of unbranched alkanes of at least 4 members (excludes halogenated alkanes) is 1. The Labute approximate surface area is 131 Å². The van der Waals surface area contributed by atoms with Crippen molar-refractivity contribution in [2.24, 2.45) is 0 Å². The average Bonchev–Trinajstić information content (AvgIpc) is 2.54. The first-order valence-electron chi connectivity index (χ1n) is 9.14. The van der Waals surface area contributed by atoms with E-state index < -0.39 is 0 Å². The van der Waals surface area contributed by atoms with Crippen molar-refractivity contribution in [3.05, 3.63) is 35.9 Å². The molecular weight excluding hydrogens is 254 g/mol. The molecule has 0 heterocycles. The summed E-state index contributed by atoms with van der Waals surface area (Å²) >= 11 is 0. The Balaban J connectivity index is 1.77. The maximum absolute atomic E-state index is 3.96. The molecule has 1 heteroatoms. The van der Waals surface area contributed by atoms with Crippen molar-refractivity contribution in [3.63, 3.8) is 0 Å². The van der Waals surface area contributed by atoms with Crippen LogP contribution in [0.25, 0.3) is 0 Å². The topological polar surface area (TPSA) is 12.0 Å². The second-order valence-electron chi connectivity index (χ2n) is 6.75. The highest BCUT2D eigenvalue weighted by molar-refractivity contribution is 5.20. The lowest BCUT2D eigenvalue weighted by atomic mass is 9.81. The predicted molar refractivity (Wildman–Crippen MR) is 92.8 cm³/mol. The lowest BCUT2D eigenvalue weighted by molar-refractivity contribution is 0.296. The van der Waals surface area contributed by atoms with Gasteiger partial charge in [-0.3, -0.25) is 0 Å². The molecule has 1 fully saturated rings. The molecular formula is C20H33N. The first-order valence-corrected chi connectivity index (χ1v) is 9.14. The molecule has 1 atom stereocenters. The van der Waals surface area contributed by atoms with Crippen LogP contribution in [0.1, 0.15) is 83.1 Å². The van der Waals surface area contributed by atoms with Crippen molar-refractivity contribution in [2.75, 3.05) is 0 Å². The lowest BCUT2D eigenvalue weighted by Gasteiger charge is -2.32. The largest absolute Gasteiger partial charge is 0.311 e. The zero-order valence-corrected chi connectivity index (χ0v) is 14.0. The summed E-state index contributed by atoms with van der Waals surface area (Å²) in [7, 11) is 0. The van der Waals surface area contributed by atoms with Gasteiger partial charge in [0.1, 0.15) is 0 Å². The fraction of sp³-hybridized carbons (Fsp3) is 0.700. The Morgan fingerprint density at radius 1 is 0.952 bits per heavy atom. The molecule has 1 N–H and O–H groups in total. The monoisotopic (exact) mass is 287 g/mol. The van der Waals surface area contributed by atoms with Crippen LogP contribution in [-0.4, -0.2) is 12.1 Å². The van der Waals surface area contributed by atoms with Gasteiger partial charge in [0.05, 0.1) is 0 Å². The molecule has 1 aromatic carbocycles. The van der Waals surface area contributed by atoms with E-state index in [1.54, 1.807) is 5.56 Å². The van der Waals surface area contributed by atoms with Crippen molar-refractivity contribution in [3.8, 4) is 0 Å². The summed E-state index contributed by atoms with van der Waals surface area (Å²) in [6.45, 7) is 4.61. The Hall–Kier alpha value is -0.820. The molecule has 0 aromatic heterocycles. The summed E-state index contributed by atoms with van der Waals surface area (Å²) in [5.74, 6) is 0.796. The van der Waals surface area contributed by atoms with Crippen molar-refractivity contribution >= 4 is 0 Å². The summed E-state index contributed by atoms with van der Waals surface area (Å²) in [5.41, 5.74) is 1.55. The maximum atomic E-state index is 3.96. The Morgan fingerprint density at radius 3 is 2.29 bits per heavy atom. The molecule has 0 aliphatic heterocycles. The highest BCUT2D eigenvalue weighted by Gasteiger charge is 2.23. The summed E-state index contributed by atoms with van der Waals surface area (Å²) in [4.78, 5) is 0. The fourth-order valence-corrected chi connectivity index (χ4v) is 3.76. The molecule has 1 aliphatic carbocycles. The third-order valence-corrected chi connectivity index (χ3v) is 5.01. The summed E-state index contributed by atoms with van der Waals surface area (Å²) in [5, 5.41) is 3.96. The van der Waals surface area contributed by atoms with Gasteiger partial charge < -0.3 is 5.32 Å². The maximum Gasteiger partial charge on any atom is 0.00700 e. The predicted octanol–water partition coefficient (Wildman–Crippen LogP) is 5.66. The normalized spacial score (nSPS) is 23.9. The minimum Gasteiger partial charge on any atom is -0.311 e. The van der Waals surface area contributed by atoms with E-state index in [2.05, 4.69) is 49.5 Å². The summed E-state index contributed by atoms with van der Waals surface area (Å²) in [6.07, 6.45) is 12.1. The van der Waals surface area contributed by atoms with Crippen LogP contribution in [0.4, 0.5) is 0 Å². The van der Waals surface area contributed by atoms with E-state index >= 15 is 0 Å². The molecule has 118 valence electrons. The molecule has 2 rings (SSSR count). The number of nitrogens with one attached hydrogen (secondary N) is 1. The molecule has 1 unspecified atom stereocenters. The van der Waals surface area contributed by atoms with Gasteiger partial charge in [-0.1, -0.05) is 63.4 Å². The van der Waals surface area contributed by atoms with Crippen LogP contribution in [0.5, 0.6) is 0 Å². The Kier molecular flexibility index (Phi) is 7.29. The molecule has 1 saturated carbocycles. The summed E-state index contributed by atoms with van der Waals surface area (Å²) in [6, 6.07) is 12.6. The molecule has 1 nitrogen and oxygen atoms in total. The quantitative estimate of drug-likeness (QED) is 0.650. The van der Waals surface area contributed by atoms with E-state index in [0.29, 0.717) is 0 Å². The highest BCUT2D eigenvalue weighted by atomic mass is 14.9. The van der Waals surface area contributed by atoms with Gasteiger partial charge in [-0.05, 0) is 50.0 Å². The van der Waals surface area contributed by atoms with E-state index in [1.807, 2.05) is 0 Å². The SMILES string of the molecule is CCCCC(CCC)NC1CCC(c2ccccc2)CC1. The molecule has 0 radical (unpaired) electrons. The van der Waals surface area contributed by atoms with Crippen LogP contribution < -0.4 is 5.32 Å². The molecule has 1 aliphatic rings. The van der Waals surface area contributed by atoms with E-state index in [-0.39, 0.29) is 0 Å². The number of hydrogen-bond donors (Lipinski definition) is 1. The van der Waals surface area contributed by atoms with E-state index in [0.717, 1.165) is 18.0 Å². The van der Waals surface area contributed by atoms with E-state index in [9.17, 15) is 0 Å². The van der Waals surface area contributed by atoms with Gasteiger partial charge in [-0.15, -0.1) is 0 Å². The van der Waals surface area contributed by atoms with Crippen LogP contribution in [0, 0.1) is 0 Å². The zero-order valence-electron chi connectivity index (χ0n) is 14.0. The van der Waals surface area contributed by atoms with Crippen LogP contribution in [0.3, 0.4) is 0 Å². The van der Waals surface area contributed by atoms with Crippen molar-refractivity contribution in [1.29, 1.82) is 0 Å². The van der Waals surface area contributed by atoms with Crippen LogP contribution in [0.2, 0.25) is 0 Å². The van der Waals surface area contributed by atoms with Crippen LogP contribution in [-0.2, 0) is 0 Å². The zero-order chi connectivity index (χ0) is 14.9. The molecule has 21 heavy (non-hydrogen) atoms. The number of benzene rings is 1. The Morgan fingerprint density at radius 2 is 1.67 bits per heavy atom. The summed E-state index contributed by atoms with van der Waals surface area (Å²) < 4.78 is 0. The van der Waals surface area contributed by atoms with Gasteiger partial charge in [0.15, 0.2) is 0 Å². The third kappa shape index (κ3) is 5.47. The minimum absolute atomic E-state index is 0.758. The van der Waals surface area contributed by atoms with E-state index in [1.165, 1.54) is 57.8 Å². The molecule has 1 aromatic rings. The van der Waals surface area contributed by atoms with E-state index in [4.69, 9.17) is 0 Å². The molecule has 0 spiro atoms. The second kappa shape index (κ2) is 9.25.